The van der Waals surface area contributed by atoms with Gasteiger partial charge in [-0.25, -0.2) is 4.99 Å². The Bertz CT molecular complexity index is 360. The molecule has 0 N–H and O–H groups in total. The van der Waals surface area contributed by atoms with Crippen molar-refractivity contribution in [2.45, 2.75) is 71.4 Å². The summed E-state index contributed by atoms with van der Waals surface area (Å²) in [5, 5.41) is 0. The van der Waals surface area contributed by atoms with E-state index in [1.54, 1.807) is 0 Å². The molecule has 0 radical (unpaired) electrons. The van der Waals surface area contributed by atoms with Crippen molar-refractivity contribution in [1.29, 1.82) is 0 Å². The van der Waals surface area contributed by atoms with Crippen LogP contribution >= 0.6 is 0 Å². The van der Waals surface area contributed by atoms with Gasteiger partial charge >= 0.3 is 0 Å². The van der Waals surface area contributed by atoms with Crippen molar-refractivity contribution < 1.29 is 4.74 Å². The molecule has 1 spiro atoms. The fraction of sp³-hybridized carbons (Fsp3) is 0.933. The molecule has 2 saturated carbocycles. The van der Waals surface area contributed by atoms with Crippen LogP contribution in [0, 0.1) is 17.3 Å². The average molecular weight is 235 g/mol. The summed E-state index contributed by atoms with van der Waals surface area (Å²) in [6.45, 7) is 9.32. The van der Waals surface area contributed by atoms with Crippen molar-refractivity contribution in [3.05, 3.63) is 0 Å². The van der Waals surface area contributed by atoms with E-state index in [1.807, 2.05) is 0 Å². The summed E-state index contributed by atoms with van der Waals surface area (Å²) in [5.74, 6) is 2.40. The molecule has 0 aromatic carbocycles. The molecule has 0 aromatic heterocycles. The zero-order chi connectivity index (χ0) is 12.3. The number of hydrogen-bond donors (Lipinski definition) is 0. The monoisotopic (exact) mass is 235 g/mol. The van der Waals surface area contributed by atoms with Crippen molar-refractivity contribution in [2.24, 2.45) is 22.2 Å². The van der Waals surface area contributed by atoms with Gasteiger partial charge in [-0.15, -0.1) is 0 Å². The van der Waals surface area contributed by atoms with Gasteiger partial charge in [0.05, 0.1) is 0 Å². The highest BCUT2D eigenvalue weighted by atomic mass is 16.5. The molecule has 4 atom stereocenters. The Morgan fingerprint density at radius 2 is 2.24 bits per heavy atom. The number of fused-ring (bicyclic) bond motifs is 1. The molecule has 17 heavy (non-hydrogen) atoms. The maximum atomic E-state index is 6.21. The van der Waals surface area contributed by atoms with Crippen molar-refractivity contribution in [3.63, 3.8) is 0 Å². The fourth-order valence-corrected chi connectivity index (χ4v) is 4.44. The minimum absolute atomic E-state index is 0.134. The summed E-state index contributed by atoms with van der Waals surface area (Å²) in [6, 6.07) is 0. The third-order valence-electron chi connectivity index (χ3n) is 5.76. The molecular formula is C15H25NO. The lowest BCUT2D eigenvalue weighted by molar-refractivity contribution is 0.112. The Labute approximate surface area is 105 Å². The highest BCUT2D eigenvalue weighted by Gasteiger charge is 2.68. The van der Waals surface area contributed by atoms with Crippen LogP contribution in [0.3, 0.4) is 0 Å². The van der Waals surface area contributed by atoms with E-state index in [-0.39, 0.29) is 5.54 Å². The van der Waals surface area contributed by atoms with Crippen molar-refractivity contribution >= 4 is 5.90 Å². The van der Waals surface area contributed by atoms with E-state index in [0.29, 0.717) is 17.4 Å². The van der Waals surface area contributed by atoms with Gasteiger partial charge in [-0.3, -0.25) is 0 Å². The predicted molar refractivity (Wildman–Crippen MR) is 70.2 cm³/mol. The molecule has 3 rings (SSSR count). The molecule has 2 bridgehead atoms. The molecule has 96 valence electrons. The van der Waals surface area contributed by atoms with Crippen LogP contribution in [-0.2, 0) is 4.74 Å². The molecule has 2 fully saturated rings. The fourth-order valence-electron chi connectivity index (χ4n) is 4.44. The third-order valence-corrected chi connectivity index (χ3v) is 5.76. The topological polar surface area (TPSA) is 21.6 Å². The van der Waals surface area contributed by atoms with Gasteiger partial charge in [-0.2, -0.15) is 0 Å². The molecule has 0 saturated heterocycles. The van der Waals surface area contributed by atoms with Gasteiger partial charge in [-0.05, 0) is 37.0 Å². The number of nitrogens with zero attached hydrogens (tertiary/aromatic N) is 1. The standard InChI is InChI=1S/C15H25NO/c1-5-6-10(2)13-16-15-8-7-11(14(15,3)4)9-12(15)17-13/h10-12H,5-9H2,1-4H3/t10-,11-,12-,15-/m1/s1. The molecule has 3 aliphatic rings. The SMILES string of the molecule is CCC[C@@H](C)C1=N[C@]23CC[C@H](C[C@H]2O1)C3(C)C. The normalized spacial score (nSPS) is 43.2. The zero-order valence-corrected chi connectivity index (χ0v) is 11.6. The van der Waals surface area contributed by atoms with Crippen molar-refractivity contribution in [3.8, 4) is 0 Å². The minimum atomic E-state index is 0.134. The Hall–Kier alpha value is -0.530. The second kappa shape index (κ2) is 3.49. The largest absolute Gasteiger partial charge is 0.475 e. The number of hydrogen-bond acceptors (Lipinski definition) is 2. The van der Waals surface area contributed by atoms with Crippen molar-refractivity contribution in [2.75, 3.05) is 0 Å². The first-order valence-electron chi connectivity index (χ1n) is 7.27. The van der Waals surface area contributed by atoms with Gasteiger partial charge in [0.1, 0.15) is 11.6 Å². The second-order valence-corrected chi connectivity index (χ2v) is 6.86. The van der Waals surface area contributed by atoms with Crippen LogP contribution in [0.5, 0.6) is 0 Å². The van der Waals surface area contributed by atoms with E-state index < -0.39 is 0 Å². The smallest absolute Gasteiger partial charge is 0.187 e. The molecule has 1 heterocycles. The predicted octanol–water partition coefficient (Wildman–Crippen LogP) is 3.80. The van der Waals surface area contributed by atoms with Gasteiger partial charge in [-0.1, -0.05) is 34.1 Å². The van der Waals surface area contributed by atoms with Crippen LogP contribution in [0.15, 0.2) is 4.99 Å². The number of aliphatic imine (C=N–C) groups is 1. The van der Waals surface area contributed by atoms with Crippen LogP contribution in [0.1, 0.15) is 59.8 Å². The van der Waals surface area contributed by atoms with Gasteiger partial charge in [0.2, 0.25) is 0 Å². The maximum Gasteiger partial charge on any atom is 0.187 e. The lowest BCUT2D eigenvalue weighted by Gasteiger charge is -2.33. The number of rotatable bonds is 3. The summed E-state index contributed by atoms with van der Waals surface area (Å²) in [6.07, 6.45) is 6.65. The average Bonchev–Trinajstić information content (AvgIpc) is 2.84. The molecule has 2 heteroatoms. The Morgan fingerprint density at radius 3 is 2.82 bits per heavy atom. The Kier molecular flexibility index (Phi) is 2.37. The summed E-state index contributed by atoms with van der Waals surface area (Å²) in [4.78, 5) is 5.11. The highest BCUT2D eigenvalue weighted by Crippen LogP contribution is 2.64. The summed E-state index contributed by atoms with van der Waals surface area (Å²) >= 11 is 0. The van der Waals surface area contributed by atoms with Crippen molar-refractivity contribution in [1.82, 2.24) is 0 Å². The maximum absolute atomic E-state index is 6.21. The third kappa shape index (κ3) is 1.30. The lowest BCUT2D eigenvalue weighted by Crippen LogP contribution is -2.41. The highest BCUT2D eigenvalue weighted by molar-refractivity contribution is 5.81. The molecule has 0 amide bonds. The van der Waals surface area contributed by atoms with E-state index in [2.05, 4.69) is 27.7 Å². The number of ether oxygens (including phenoxy) is 1. The Morgan fingerprint density at radius 1 is 1.47 bits per heavy atom. The van der Waals surface area contributed by atoms with E-state index in [0.717, 1.165) is 11.8 Å². The van der Waals surface area contributed by atoms with Gasteiger partial charge < -0.3 is 4.74 Å². The zero-order valence-electron chi connectivity index (χ0n) is 11.6. The quantitative estimate of drug-likeness (QED) is 0.729. The molecule has 0 unspecified atom stereocenters. The minimum Gasteiger partial charge on any atom is -0.475 e. The van der Waals surface area contributed by atoms with Crippen LogP contribution in [-0.4, -0.2) is 17.5 Å². The van der Waals surface area contributed by atoms with Gasteiger partial charge in [0, 0.05) is 5.92 Å². The summed E-state index contributed by atoms with van der Waals surface area (Å²) in [5.41, 5.74) is 0.486. The van der Waals surface area contributed by atoms with Crippen LogP contribution in [0.2, 0.25) is 0 Å². The first-order chi connectivity index (χ1) is 8.01. The molecule has 0 aromatic rings. The Balaban J connectivity index is 1.90. The summed E-state index contributed by atoms with van der Waals surface area (Å²) in [7, 11) is 0. The first-order valence-corrected chi connectivity index (χ1v) is 7.27. The van der Waals surface area contributed by atoms with E-state index in [9.17, 15) is 0 Å². The van der Waals surface area contributed by atoms with Crippen LogP contribution in [0.4, 0.5) is 0 Å². The molecule has 2 nitrogen and oxygen atoms in total. The van der Waals surface area contributed by atoms with Crippen LogP contribution in [0.25, 0.3) is 0 Å². The molecule has 1 aliphatic heterocycles. The van der Waals surface area contributed by atoms with Gasteiger partial charge in [0.15, 0.2) is 5.90 Å². The second-order valence-electron chi connectivity index (χ2n) is 6.86. The van der Waals surface area contributed by atoms with E-state index >= 15 is 0 Å². The first kappa shape index (κ1) is 11.6. The van der Waals surface area contributed by atoms with Gasteiger partial charge in [0.25, 0.3) is 0 Å². The van der Waals surface area contributed by atoms with Crippen LogP contribution < -0.4 is 0 Å². The van der Waals surface area contributed by atoms with E-state index in [1.165, 1.54) is 32.1 Å². The molecule has 2 aliphatic carbocycles. The lowest BCUT2D eigenvalue weighted by atomic mass is 9.76. The molecular weight excluding hydrogens is 210 g/mol. The van der Waals surface area contributed by atoms with E-state index in [4.69, 9.17) is 9.73 Å². The summed E-state index contributed by atoms with van der Waals surface area (Å²) < 4.78 is 6.21.